The molecule has 0 aliphatic carbocycles. The molecule has 78 valence electrons. The van der Waals surface area contributed by atoms with Crippen LogP contribution in [-0.4, -0.2) is 30.5 Å². The van der Waals surface area contributed by atoms with Gasteiger partial charge >= 0.3 is 0 Å². The molecular weight excluding hydrogens is 200 g/mol. The summed E-state index contributed by atoms with van der Waals surface area (Å²) in [6.07, 6.45) is 2.09. The third kappa shape index (κ3) is 2.23. The highest BCUT2D eigenvalue weighted by Crippen LogP contribution is 2.06. The van der Waals surface area contributed by atoms with E-state index in [1.807, 2.05) is 17.7 Å². The second kappa shape index (κ2) is 4.25. The number of ether oxygens (including phenoxy) is 2. The molecule has 0 amide bonds. The lowest BCUT2D eigenvalue weighted by molar-refractivity contribution is -0.0938. The smallest absolute Gasteiger partial charge is 0.182 e. The van der Waals surface area contributed by atoms with Crippen LogP contribution in [0.1, 0.15) is 4.88 Å². The Morgan fingerprint density at radius 3 is 3.07 bits per heavy atom. The molecule has 1 aromatic heterocycles. The molecule has 1 aromatic rings. The van der Waals surface area contributed by atoms with Crippen molar-refractivity contribution in [3.63, 3.8) is 0 Å². The van der Waals surface area contributed by atoms with Crippen molar-refractivity contribution in [2.45, 2.75) is 19.6 Å². The van der Waals surface area contributed by atoms with Gasteiger partial charge in [0.2, 0.25) is 0 Å². The van der Waals surface area contributed by atoms with Gasteiger partial charge in [-0.2, -0.15) is 0 Å². The van der Waals surface area contributed by atoms with Crippen LogP contribution in [-0.2, 0) is 16.0 Å². The van der Waals surface area contributed by atoms with Gasteiger partial charge < -0.3 is 14.0 Å². The monoisotopic (exact) mass is 214 g/mol. The standard InChI is InChI=1S/C9H14N2O2S/c1-7-4-11(9(10)14-7)5-8-6-12-2-3-13-8/h4,8,10H,2-3,5-6H2,1H3/t8-/m0/s1. The van der Waals surface area contributed by atoms with E-state index in [0.717, 1.165) is 11.4 Å². The molecule has 0 saturated carbocycles. The molecular formula is C9H14N2O2S. The van der Waals surface area contributed by atoms with Gasteiger partial charge in [-0.05, 0) is 6.92 Å². The molecule has 0 spiro atoms. The highest BCUT2D eigenvalue weighted by Gasteiger charge is 2.15. The molecule has 1 aliphatic heterocycles. The lowest BCUT2D eigenvalue weighted by Gasteiger charge is -2.23. The Kier molecular flexibility index (Phi) is 3.00. The topological polar surface area (TPSA) is 47.2 Å². The van der Waals surface area contributed by atoms with Gasteiger partial charge in [0, 0.05) is 11.1 Å². The van der Waals surface area contributed by atoms with E-state index in [0.29, 0.717) is 24.6 Å². The van der Waals surface area contributed by atoms with Crippen LogP contribution in [0.25, 0.3) is 0 Å². The fourth-order valence-electron chi connectivity index (χ4n) is 1.51. The van der Waals surface area contributed by atoms with E-state index in [9.17, 15) is 0 Å². The first-order valence-corrected chi connectivity index (χ1v) is 5.48. The van der Waals surface area contributed by atoms with E-state index >= 15 is 0 Å². The molecule has 1 atom stereocenters. The van der Waals surface area contributed by atoms with Crippen molar-refractivity contribution in [2.75, 3.05) is 19.8 Å². The summed E-state index contributed by atoms with van der Waals surface area (Å²) in [5.74, 6) is 0. The van der Waals surface area contributed by atoms with Crippen LogP contribution in [0, 0.1) is 12.3 Å². The van der Waals surface area contributed by atoms with E-state index in [2.05, 4.69) is 0 Å². The molecule has 14 heavy (non-hydrogen) atoms. The van der Waals surface area contributed by atoms with Gasteiger partial charge in [0.15, 0.2) is 4.80 Å². The first-order chi connectivity index (χ1) is 6.75. The first-order valence-electron chi connectivity index (χ1n) is 4.66. The first kappa shape index (κ1) is 9.89. The second-order valence-electron chi connectivity index (χ2n) is 3.37. The molecule has 0 aromatic carbocycles. The number of rotatable bonds is 2. The number of hydrogen-bond donors (Lipinski definition) is 1. The summed E-state index contributed by atoms with van der Waals surface area (Å²) >= 11 is 1.49. The molecule has 1 saturated heterocycles. The second-order valence-corrected chi connectivity index (χ2v) is 4.60. The van der Waals surface area contributed by atoms with Crippen LogP contribution >= 0.6 is 11.3 Å². The Morgan fingerprint density at radius 2 is 2.50 bits per heavy atom. The number of aromatic nitrogens is 1. The Hall–Kier alpha value is -0.650. The maximum Gasteiger partial charge on any atom is 0.182 e. The maximum absolute atomic E-state index is 7.70. The number of nitrogens with one attached hydrogen (secondary N) is 1. The quantitative estimate of drug-likeness (QED) is 0.790. The van der Waals surface area contributed by atoms with E-state index in [1.165, 1.54) is 11.3 Å². The Balaban J connectivity index is 2.02. The fourth-order valence-corrected chi connectivity index (χ4v) is 2.24. The highest BCUT2D eigenvalue weighted by molar-refractivity contribution is 7.09. The SMILES string of the molecule is Cc1cn(C[C@H]2COCCO2)c(=N)s1. The summed E-state index contributed by atoms with van der Waals surface area (Å²) in [5.41, 5.74) is 0. The minimum Gasteiger partial charge on any atom is -0.376 e. The largest absolute Gasteiger partial charge is 0.376 e. The lowest BCUT2D eigenvalue weighted by Crippen LogP contribution is -2.34. The summed E-state index contributed by atoms with van der Waals surface area (Å²) in [6, 6.07) is 0. The highest BCUT2D eigenvalue weighted by atomic mass is 32.1. The Bertz CT molecular complexity index is 352. The van der Waals surface area contributed by atoms with E-state index < -0.39 is 0 Å². The van der Waals surface area contributed by atoms with Crippen LogP contribution in [0.4, 0.5) is 0 Å². The third-order valence-electron chi connectivity index (χ3n) is 2.14. The van der Waals surface area contributed by atoms with Gasteiger partial charge in [-0.25, -0.2) is 0 Å². The van der Waals surface area contributed by atoms with Gasteiger partial charge in [-0.1, -0.05) is 0 Å². The van der Waals surface area contributed by atoms with Gasteiger partial charge in [-0.3, -0.25) is 5.41 Å². The normalized spacial score (nSPS) is 22.5. The Labute approximate surface area is 86.6 Å². The van der Waals surface area contributed by atoms with Crippen molar-refractivity contribution < 1.29 is 9.47 Å². The Morgan fingerprint density at radius 1 is 1.64 bits per heavy atom. The third-order valence-corrected chi connectivity index (χ3v) is 3.00. The number of aryl methyl sites for hydroxylation is 1. The van der Waals surface area contributed by atoms with Gasteiger partial charge in [0.05, 0.1) is 32.5 Å². The van der Waals surface area contributed by atoms with Crippen molar-refractivity contribution in [3.8, 4) is 0 Å². The predicted molar refractivity (Wildman–Crippen MR) is 53.5 cm³/mol. The van der Waals surface area contributed by atoms with Crippen molar-refractivity contribution in [1.82, 2.24) is 4.57 Å². The fraction of sp³-hybridized carbons (Fsp3) is 0.667. The van der Waals surface area contributed by atoms with Crippen LogP contribution in [0.3, 0.4) is 0 Å². The summed E-state index contributed by atoms with van der Waals surface area (Å²) in [5, 5.41) is 7.70. The van der Waals surface area contributed by atoms with Crippen molar-refractivity contribution in [2.24, 2.45) is 0 Å². The van der Waals surface area contributed by atoms with Crippen LogP contribution < -0.4 is 4.80 Å². The molecule has 5 heteroatoms. The summed E-state index contributed by atoms with van der Waals surface area (Å²) in [7, 11) is 0. The van der Waals surface area contributed by atoms with Gasteiger partial charge in [-0.15, -0.1) is 11.3 Å². The summed E-state index contributed by atoms with van der Waals surface area (Å²) < 4.78 is 12.7. The zero-order chi connectivity index (χ0) is 9.97. The predicted octanol–water partition coefficient (Wildman–Crippen LogP) is 0.753. The zero-order valence-corrected chi connectivity index (χ0v) is 8.97. The molecule has 1 N–H and O–H groups in total. The molecule has 1 fully saturated rings. The molecule has 2 rings (SSSR count). The van der Waals surface area contributed by atoms with Crippen LogP contribution in [0.5, 0.6) is 0 Å². The maximum atomic E-state index is 7.70. The number of hydrogen-bond acceptors (Lipinski definition) is 4. The van der Waals surface area contributed by atoms with Crippen LogP contribution in [0.15, 0.2) is 6.20 Å². The van der Waals surface area contributed by atoms with Crippen molar-refractivity contribution >= 4 is 11.3 Å². The van der Waals surface area contributed by atoms with Gasteiger partial charge in [0.1, 0.15) is 0 Å². The van der Waals surface area contributed by atoms with E-state index in [-0.39, 0.29) is 6.10 Å². The minimum atomic E-state index is 0.104. The van der Waals surface area contributed by atoms with E-state index in [4.69, 9.17) is 14.9 Å². The zero-order valence-electron chi connectivity index (χ0n) is 8.16. The molecule has 2 heterocycles. The van der Waals surface area contributed by atoms with Crippen LogP contribution in [0.2, 0.25) is 0 Å². The van der Waals surface area contributed by atoms with E-state index in [1.54, 1.807) is 0 Å². The van der Waals surface area contributed by atoms with Crippen molar-refractivity contribution in [1.29, 1.82) is 5.41 Å². The average Bonchev–Trinajstić information content (AvgIpc) is 2.47. The van der Waals surface area contributed by atoms with Gasteiger partial charge in [0.25, 0.3) is 0 Å². The minimum absolute atomic E-state index is 0.104. The molecule has 1 aliphatic rings. The average molecular weight is 214 g/mol. The number of nitrogens with zero attached hydrogens (tertiary/aromatic N) is 1. The summed E-state index contributed by atoms with van der Waals surface area (Å²) in [6.45, 7) is 4.74. The summed E-state index contributed by atoms with van der Waals surface area (Å²) in [4.78, 5) is 1.74. The molecule has 0 radical (unpaired) electrons. The molecule has 0 bridgehead atoms. The van der Waals surface area contributed by atoms with Crippen molar-refractivity contribution in [3.05, 3.63) is 15.9 Å². The molecule has 4 nitrogen and oxygen atoms in total. The lowest BCUT2D eigenvalue weighted by atomic mass is 10.3. The number of thiazole rings is 1. The molecule has 0 unspecified atom stereocenters.